The quantitative estimate of drug-likeness (QED) is 0.339. The van der Waals surface area contributed by atoms with Gasteiger partial charge in [-0.05, 0) is 96.4 Å². The average molecular weight is 620 g/mol. The van der Waals surface area contributed by atoms with Crippen molar-refractivity contribution in [3.63, 3.8) is 0 Å². The van der Waals surface area contributed by atoms with E-state index in [4.69, 9.17) is 4.78 Å². The lowest BCUT2D eigenvalue weighted by Crippen LogP contribution is -2.65. The summed E-state index contributed by atoms with van der Waals surface area (Å²) in [6.45, 7) is 1.42. The number of benzene rings is 2. The lowest BCUT2D eigenvalue weighted by Gasteiger charge is -2.56. The molecule has 0 radical (unpaired) electrons. The number of carbonyl (C=O) groups excluding carboxylic acids is 1. The summed E-state index contributed by atoms with van der Waals surface area (Å²) in [7, 11) is -2.87. The van der Waals surface area contributed by atoms with Gasteiger partial charge in [-0.25, -0.2) is 8.99 Å². The molecule has 4 nitrogen and oxygen atoms in total. The second-order valence-corrected chi connectivity index (χ2v) is 15.1. The van der Waals surface area contributed by atoms with Crippen molar-refractivity contribution in [1.29, 1.82) is 4.78 Å². The van der Waals surface area contributed by atoms with Gasteiger partial charge in [-0.3, -0.25) is 4.79 Å². The largest absolute Gasteiger partial charge is 0.456 e. The number of allylic oxidation sites excluding steroid dienone is 4. The highest BCUT2D eigenvalue weighted by atomic mass is 32.2. The van der Waals surface area contributed by atoms with Gasteiger partial charge in [0.1, 0.15) is 5.60 Å². The zero-order valence-corrected chi connectivity index (χ0v) is 24.8. The topological polar surface area (TPSA) is 78.2 Å². The van der Waals surface area contributed by atoms with Gasteiger partial charge in [0, 0.05) is 28.9 Å². The predicted molar refractivity (Wildman–Crippen MR) is 153 cm³/mol. The molecular formula is C33H34F5NO3S. The summed E-state index contributed by atoms with van der Waals surface area (Å²) >= 11 is 0. The van der Waals surface area contributed by atoms with Gasteiger partial charge in [0.05, 0.1) is 9.73 Å². The Bertz CT molecular complexity index is 1640. The van der Waals surface area contributed by atoms with E-state index in [1.165, 1.54) is 13.2 Å². The van der Waals surface area contributed by atoms with Crippen molar-refractivity contribution in [2.24, 2.45) is 17.3 Å². The number of ketones is 1. The SMILES string of the molecule is C[C@]12C[C@H](c3ccc(-c4ccc([S@@](C)(=N)=O)cc4)cc3)C3=C4CCC(=O)C=C4CCC3C1CC[C@@]2(O)C(F)(F)C(F)(F)F. The number of nitrogens with one attached hydrogen (secondary N) is 1. The molecule has 4 aliphatic rings. The Labute approximate surface area is 248 Å². The summed E-state index contributed by atoms with van der Waals surface area (Å²) in [5.41, 5.74) is 0.449. The zero-order valence-electron chi connectivity index (χ0n) is 23.9. The molecule has 43 heavy (non-hydrogen) atoms. The van der Waals surface area contributed by atoms with E-state index in [9.17, 15) is 27.3 Å². The number of hydrogen-bond acceptors (Lipinski definition) is 4. The van der Waals surface area contributed by atoms with Crippen LogP contribution in [0.1, 0.15) is 63.4 Å². The third-order valence-electron chi connectivity index (χ3n) is 10.7. The maximum Gasteiger partial charge on any atom is 0.456 e. The second-order valence-electron chi connectivity index (χ2n) is 13.0. The van der Waals surface area contributed by atoms with Gasteiger partial charge in [0.25, 0.3) is 0 Å². The summed E-state index contributed by atoms with van der Waals surface area (Å²) < 4.78 is 91.6. The van der Waals surface area contributed by atoms with E-state index in [1.807, 2.05) is 24.3 Å². The van der Waals surface area contributed by atoms with E-state index in [1.54, 1.807) is 30.3 Å². The Balaban J connectivity index is 1.45. The van der Waals surface area contributed by atoms with E-state index in [2.05, 4.69) is 0 Å². The normalized spacial score (nSPS) is 32.4. The molecule has 0 saturated heterocycles. The Morgan fingerprint density at radius 2 is 1.53 bits per heavy atom. The van der Waals surface area contributed by atoms with Crippen molar-refractivity contribution in [1.82, 2.24) is 0 Å². The van der Waals surface area contributed by atoms with Gasteiger partial charge in [-0.15, -0.1) is 0 Å². The van der Waals surface area contributed by atoms with E-state index in [0.717, 1.165) is 33.4 Å². The van der Waals surface area contributed by atoms with Crippen LogP contribution in [0, 0.1) is 22.0 Å². The second kappa shape index (κ2) is 9.83. The molecule has 0 heterocycles. The predicted octanol–water partition coefficient (Wildman–Crippen LogP) is 8.22. The van der Waals surface area contributed by atoms with Gasteiger partial charge in [0.15, 0.2) is 5.78 Å². The molecule has 0 aromatic heterocycles. The Hall–Kier alpha value is -2.85. The molecular weight excluding hydrogens is 585 g/mol. The maximum absolute atomic E-state index is 15.2. The van der Waals surface area contributed by atoms with Crippen LogP contribution in [0.25, 0.3) is 11.1 Å². The molecule has 2 aromatic carbocycles. The summed E-state index contributed by atoms with van der Waals surface area (Å²) in [4.78, 5) is 12.7. The van der Waals surface area contributed by atoms with Crippen LogP contribution < -0.4 is 0 Å². The fourth-order valence-corrected chi connectivity index (χ4v) is 9.18. The van der Waals surface area contributed by atoms with E-state index < -0.39 is 51.1 Å². The van der Waals surface area contributed by atoms with Crippen molar-refractivity contribution in [2.45, 2.75) is 80.4 Å². The molecule has 6 atom stereocenters. The standard InChI is InChI=1S/C33H34F5NO3S/c1-30-18-27(21-5-3-19(4-6-21)20-7-11-24(12-8-20)43(2,39)42)29-25-14-10-23(40)17-22(25)9-13-26(29)28(30)15-16-31(30,41)32(34,35)33(36,37)38/h3-8,11-12,17,26-28,39,41H,9-10,13-16,18H2,1-2H3/t26?,27-,28?,30+,31+,43+/m1/s1. The van der Waals surface area contributed by atoms with Crippen LogP contribution in [0.3, 0.4) is 0 Å². The number of carbonyl (C=O) groups is 1. The first-order chi connectivity index (χ1) is 20.0. The summed E-state index contributed by atoms with van der Waals surface area (Å²) in [6.07, 6.45) is -1.58. The van der Waals surface area contributed by atoms with Crippen LogP contribution in [0.2, 0.25) is 0 Å². The van der Waals surface area contributed by atoms with Crippen LogP contribution >= 0.6 is 0 Å². The molecule has 2 aromatic rings. The number of alkyl halides is 5. The van der Waals surface area contributed by atoms with Gasteiger partial charge in [-0.1, -0.05) is 48.9 Å². The van der Waals surface area contributed by atoms with Gasteiger partial charge in [0.2, 0.25) is 0 Å². The molecule has 0 aliphatic heterocycles. The molecule has 10 heteroatoms. The van der Waals surface area contributed by atoms with Crippen LogP contribution in [-0.4, -0.2) is 39.1 Å². The first kappa shape index (κ1) is 30.2. The number of fused-ring (bicyclic) bond motifs is 4. The van der Waals surface area contributed by atoms with Crippen molar-refractivity contribution in [3.8, 4) is 11.1 Å². The lowest BCUT2D eigenvalue weighted by molar-refractivity contribution is -0.362. The molecule has 2 fully saturated rings. The van der Waals surface area contributed by atoms with Crippen LogP contribution in [0.15, 0.2) is 76.2 Å². The fraction of sp³-hybridized carbons (Fsp3) is 0.485. The summed E-state index contributed by atoms with van der Waals surface area (Å²) in [6, 6.07) is 14.2. The third kappa shape index (κ3) is 4.54. The van der Waals surface area contributed by atoms with Crippen molar-refractivity contribution in [3.05, 3.63) is 76.9 Å². The van der Waals surface area contributed by atoms with Crippen LogP contribution in [0.5, 0.6) is 0 Å². The number of aliphatic hydroxyl groups is 1. The minimum absolute atomic E-state index is 0.0368. The molecule has 0 amide bonds. The van der Waals surface area contributed by atoms with Crippen molar-refractivity contribution >= 4 is 15.5 Å². The number of hydrogen-bond donors (Lipinski definition) is 2. The molecule has 0 spiro atoms. The number of rotatable bonds is 4. The first-order valence-corrected chi connectivity index (χ1v) is 16.5. The van der Waals surface area contributed by atoms with E-state index >= 15 is 8.78 Å². The highest BCUT2D eigenvalue weighted by Crippen LogP contribution is 2.70. The van der Waals surface area contributed by atoms with Gasteiger partial charge >= 0.3 is 12.1 Å². The number of halogens is 5. The summed E-state index contributed by atoms with van der Waals surface area (Å²) in [5, 5.41) is 11.4. The molecule has 0 bridgehead atoms. The molecule has 4 aliphatic carbocycles. The Morgan fingerprint density at radius 1 is 0.930 bits per heavy atom. The molecule has 2 N–H and O–H groups in total. The van der Waals surface area contributed by atoms with Crippen LogP contribution in [0.4, 0.5) is 22.0 Å². The highest BCUT2D eigenvalue weighted by molar-refractivity contribution is 7.91. The average Bonchev–Trinajstić information content (AvgIpc) is 3.23. The van der Waals surface area contributed by atoms with E-state index in [0.29, 0.717) is 30.6 Å². The maximum atomic E-state index is 15.2. The monoisotopic (exact) mass is 619 g/mol. The van der Waals surface area contributed by atoms with Gasteiger partial charge < -0.3 is 5.11 Å². The van der Waals surface area contributed by atoms with Crippen LogP contribution in [-0.2, 0) is 14.5 Å². The Kier molecular flexibility index (Phi) is 6.90. The Morgan fingerprint density at radius 3 is 2.12 bits per heavy atom. The summed E-state index contributed by atoms with van der Waals surface area (Å²) in [5.74, 6) is -6.56. The molecule has 6 rings (SSSR count). The first-order valence-electron chi connectivity index (χ1n) is 14.6. The minimum atomic E-state index is -5.89. The highest BCUT2D eigenvalue weighted by Gasteiger charge is 2.79. The molecule has 2 saturated carbocycles. The molecule has 230 valence electrons. The minimum Gasteiger partial charge on any atom is -0.383 e. The lowest BCUT2D eigenvalue weighted by atomic mass is 9.50. The zero-order chi connectivity index (χ0) is 31.2. The van der Waals surface area contributed by atoms with Crippen molar-refractivity contribution in [2.75, 3.05) is 6.26 Å². The van der Waals surface area contributed by atoms with Gasteiger partial charge in [-0.2, -0.15) is 22.0 Å². The smallest absolute Gasteiger partial charge is 0.383 e. The van der Waals surface area contributed by atoms with Crippen molar-refractivity contribution < 1.29 is 36.1 Å². The third-order valence-corrected chi connectivity index (χ3v) is 11.9. The fourth-order valence-electron chi connectivity index (χ4n) is 8.53. The molecule has 2 unspecified atom stereocenters. The van der Waals surface area contributed by atoms with E-state index in [-0.39, 0.29) is 24.5 Å².